The van der Waals surface area contributed by atoms with E-state index in [1.807, 2.05) is 84.9 Å². The van der Waals surface area contributed by atoms with E-state index in [9.17, 15) is 4.79 Å². The molecule has 0 heterocycles. The van der Waals surface area contributed by atoms with Crippen LogP contribution in [0.25, 0.3) is 0 Å². The lowest BCUT2D eigenvalue weighted by molar-refractivity contribution is -0.151. The molecule has 3 rings (SSSR count). The molecule has 0 radical (unpaired) electrons. The molecule has 0 aliphatic rings. The van der Waals surface area contributed by atoms with Crippen LogP contribution in [0.1, 0.15) is 18.1 Å². The topological polar surface area (TPSA) is 47.6 Å². The molecule has 0 fully saturated rings. The summed E-state index contributed by atoms with van der Waals surface area (Å²) in [5, 5.41) is 3.37. The Labute approximate surface area is 166 Å². The summed E-state index contributed by atoms with van der Waals surface area (Å²) in [5.41, 5.74) is 3.24. The molecule has 4 nitrogen and oxygen atoms in total. The number of rotatable bonds is 9. The average Bonchev–Trinajstić information content (AvgIpc) is 2.74. The van der Waals surface area contributed by atoms with Crippen molar-refractivity contribution in [2.24, 2.45) is 0 Å². The fraction of sp³-hybridized carbons (Fsp3) is 0.208. The van der Waals surface area contributed by atoms with Crippen LogP contribution in [-0.4, -0.2) is 18.7 Å². The lowest BCUT2D eigenvalue weighted by Gasteiger charge is -2.18. The number of para-hydroxylation sites is 1. The van der Waals surface area contributed by atoms with E-state index in [2.05, 4.69) is 5.32 Å². The molecule has 4 heteroatoms. The van der Waals surface area contributed by atoms with Crippen LogP contribution in [0.15, 0.2) is 84.9 Å². The first-order chi connectivity index (χ1) is 13.7. The van der Waals surface area contributed by atoms with E-state index < -0.39 is 6.10 Å². The van der Waals surface area contributed by atoms with Gasteiger partial charge < -0.3 is 14.8 Å². The molecule has 28 heavy (non-hydrogen) atoms. The third-order valence-electron chi connectivity index (χ3n) is 4.29. The molecule has 0 aromatic heterocycles. The summed E-state index contributed by atoms with van der Waals surface area (Å²) in [7, 11) is 0. The number of anilines is 1. The van der Waals surface area contributed by atoms with Gasteiger partial charge in [0.15, 0.2) is 6.10 Å². The van der Waals surface area contributed by atoms with Crippen LogP contribution in [0.4, 0.5) is 5.69 Å². The van der Waals surface area contributed by atoms with Gasteiger partial charge in [0.1, 0.15) is 5.75 Å². The summed E-state index contributed by atoms with van der Waals surface area (Å²) in [6, 6.07) is 27.6. The van der Waals surface area contributed by atoms with Gasteiger partial charge in [-0.2, -0.15) is 0 Å². The quantitative estimate of drug-likeness (QED) is 0.543. The molecule has 0 bridgehead atoms. The zero-order valence-electron chi connectivity index (χ0n) is 16.0. The molecule has 0 aliphatic heterocycles. The van der Waals surface area contributed by atoms with Crippen molar-refractivity contribution in [1.82, 2.24) is 0 Å². The maximum absolute atomic E-state index is 12.3. The second-order valence-corrected chi connectivity index (χ2v) is 6.41. The van der Waals surface area contributed by atoms with E-state index in [0.29, 0.717) is 18.8 Å². The molecular formula is C24H25NO3. The van der Waals surface area contributed by atoms with Gasteiger partial charge in [0.25, 0.3) is 0 Å². The van der Waals surface area contributed by atoms with Gasteiger partial charge in [-0.3, -0.25) is 0 Å². The molecule has 0 amide bonds. The summed E-state index contributed by atoms with van der Waals surface area (Å²) in [4.78, 5) is 12.3. The highest BCUT2D eigenvalue weighted by Crippen LogP contribution is 2.18. The smallest absolute Gasteiger partial charge is 0.347 e. The molecule has 144 valence electrons. The van der Waals surface area contributed by atoms with Crippen LogP contribution >= 0.6 is 0 Å². The van der Waals surface area contributed by atoms with Gasteiger partial charge in [-0.1, -0.05) is 60.7 Å². The molecule has 1 atom stereocenters. The van der Waals surface area contributed by atoms with Crippen LogP contribution in [0, 0.1) is 0 Å². The van der Waals surface area contributed by atoms with E-state index in [-0.39, 0.29) is 5.97 Å². The average molecular weight is 375 g/mol. The minimum absolute atomic E-state index is 0.331. The predicted molar refractivity (Wildman–Crippen MR) is 111 cm³/mol. The van der Waals surface area contributed by atoms with Crippen LogP contribution in [0.2, 0.25) is 0 Å². The van der Waals surface area contributed by atoms with Crippen LogP contribution in [-0.2, 0) is 22.5 Å². The van der Waals surface area contributed by atoms with E-state index in [1.54, 1.807) is 6.92 Å². The second kappa shape index (κ2) is 10.2. The standard InChI is InChI=1S/C24H25NO3/c1-2-27-24(26)23(17-19-9-5-3-6-10-19)28-22-15-13-20(14-16-22)18-25-21-11-7-4-8-12-21/h3-16,23,25H,2,17-18H2,1H3. The summed E-state index contributed by atoms with van der Waals surface area (Å²) in [6.07, 6.45) is -0.201. The van der Waals surface area contributed by atoms with Crippen LogP contribution < -0.4 is 10.1 Å². The maximum Gasteiger partial charge on any atom is 0.347 e. The first kappa shape index (κ1) is 19.5. The Balaban J connectivity index is 1.62. The van der Waals surface area contributed by atoms with Crippen molar-refractivity contribution in [2.45, 2.75) is 26.0 Å². The Hall–Kier alpha value is -3.27. The number of carbonyl (C=O) groups excluding carboxylic acids is 1. The molecule has 0 aliphatic carbocycles. The fourth-order valence-electron chi connectivity index (χ4n) is 2.85. The number of ether oxygens (including phenoxy) is 2. The minimum Gasteiger partial charge on any atom is -0.478 e. The Morgan fingerprint density at radius 3 is 2.14 bits per heavy atom. The highest BCUT2D eigenvalue weighted by atomic mass is 16.6. The predicted octanol–water partition coefficient (Wildman–Crippen LogP) is 4.85. The number of benzene rings is 3. The lowest BCUT2D eigenvalue weighted by atomic mass is 10.1. The van der Waals surface area contributed by atoms with Gasteiger partial charge in [0, 0.05) is 18.7 Å². The number of hydrogen-bond acceptors (Lipinski definition) is 4. The van der Waals surface area contributed by atoms with Crippen molar-refractivity contribution in [3.63, 3.8) is 0 Å². The van der Waals surface area contributed by atoms with Gasteiger partial charge in [-0.05, 0) is 42.3 Å². The van der Waals surface area contributed by atoms with Crippen LogP contribution in [0.5, 0.6) is 5.75 Å². The number of nitrogens with one attached hydrogen (secondary N) is 1. The molecule has 3 aromatic rings. The highest BCUT2D eigenvalue weighted by molar-refractivity contribution is 5.75. The van der Waals surface area contributed by atoms with Crippen molar-refractivity contribution in [3.8, 4) is 5.75 Å². The van der Waals surface area contributed by atoms with Crippen molar-refractivity contribution in [1.29, 1.82) is 0 Å². The molecule has 0 saturated heterocycles. The zero-order valence-corrected chi connectivity index (χ0v) is 16.0. The van der Waals surface area contributed by atoms with Gasteiger partial charge in [-0.25, -0.2) is 4.79 Å². The maximum atomic E-state index is 12.3. The van der Waals surface area contributed by atoms with Crippen molar-refractivity contribution in [3.05, 3.63) is 96.1 Å². The van der Waals surface area contributed by atoms with Crippen molar-refractivity contribution in [2.75, 3.05) is 11.9 Å². The minimum atomic E-state index is -0.671. The Kier molecular flexibility index (Phi) is 7.08. The van der Waals surface area contributed by atoms with Gasteiger partial charge in [0.05, 0.1) is 6.61 Å². The fourth-order valence-corrected chi connectivity index (χ4v) is 2.85. The SMILES string of the molecule is CCOC(=O)C(Cc1ccccc1)Oc1ccc(CNc2ccccc2)cc1. The molecule has 3 aromatic carbocycles. The Bertz CT molecular complexity index is 848. The monoisotopic (exact) mass is 375 g/mol. The summed E-state index contributed by atoms with van der Waals surface area (Å²) >= 11 is 0. The largest absolute Gasteiger partial charge is 0.478 e. The Morgan fingerprint density at radius 1 is 0.857 bits per heavy atom. The molecule has 1 N–H and O–H groups in total. The summed E-state index contributed by atoms with van der Waals surface area (Å²) in [5.74, 6) is 0.304. The van der Waals surface area contributed by atoms with E-state index in [0.717, 1.165) is 23.4 Å². The van der Waals surface area contributed by atoms with Gasteiger partial charge in [-0.15, -0.1) is 0 Å². The Morgan fingerprint density at radius 2 is 1.50 bits per heavy atom. The normalized spacial score (nSPS) is 11.5. The first-order valence-corrected chi connectivity index (χ1v) is 9.49. The summed E-state index contributed by atoms with van der Waals surface area (Å²) < 4.78 is 11.1. The highest BCUT2D eigenvalue weighted by Gasteiger charge is 2.22. The summed E-state index contributed by atoms with van der Waals surface area (Å²) in [6.45, 7) is 2.85. The van der Waals surface area contributed by atoms with Gasteiger partial charge >= 0.3 is 5.97 Å². The third kappa shape index (κ3) is 5.88. The van der Waals surface area contributed by atoms with Crippen molar-refractivity contribution < 1.29 is 14.3 Å². The molecule has 1 unspecified atom stereocenters. The van der Waals surface area contributed by atoms with Gasteiger partial charge in [0.2, 0.25) is 0 Å². The first-order valence-electron chi connectivity index (χ1n) is 9.49. The van der Waals surface area contributed by atoms with E-state index in [4.69, 9.17) is 9.47 Å². The molecular weight excluding hydrogens is 350 g/mol. The molecule has 0 saturated carbocycles. The number of hydrogen-bond donors (Lipinski definition) is 1. The number of carbonyl (C=O) groups is 1. The van der Waals surface area contributed by atoms with Crippen LogP contribution in [0.3, 0.4) is 0 Å². The van der Waals surface area contributed by atoms with Crippen molar-refractivity contribution >= 4 is 11.7 Å². The second-order valence-electron chi connectivity index (χ2n) is 6.41. The third-order valence-corrected chi connectivity index (χ3v) is 4.29. The number of esters is 1. The van der Waals surface area contributed by atoms with E-state index in [1.165, 1.54) is 0 Å². The lowest BCUT2D eigenvalue weighted by Crippen LogP contribution is -2.31. The zero-order chi connectivity index (χ0) is 19.6. The van der Waals surface area contributed by atoms with E-state index >= 15 is 0 Å². The molecule has 0 spiro atoms.